The topological polar surface area (TPSA) is 62.6 Å². The highest BCUT2D eigenvalue weighted by Crippen LogP contribution is 2.34. The van der Waals surface area contributed by atoms with E-state index in [0.717, 1.165) is 11.3 Å². The number of aromatic nitrogens is 2. The molecular weight excluding hydrogens is 380 g/mol. The first kappa shape index (κ1) is 20.3. The summed E-state index contributed by atoms with van der Waals surface area (Å²) in [6.45, 7) is 1.85. The van der Waals surface area contributed by atoms with Gasteiger partial charge in [-0.15, -0.1) is 0 Å². The van der Waals surface area contributed by atoms with E-state index in [1.807, 2.05) is 13.1 Å². The maximum Gasteiger partial charge on any atom is 0.377 e. The van der Waals surface area contributed by atoms with Gasteiger partial charge in [0.05, 0.1) is 30.6 Å². The monoisotopic (exact) mass is 404 g/mol. The highest BCUT2D eigenvalue weighted by atomic mass is 35.5. The number of hydrogen-bond acceptors (Lipinski definition) is 5. The van der Waals surface area contributed by atoms with E-state index in [0.29, 0.717) is 22.4 Å². The molecule has 0 unspecified atom stereocenters. The molecular formula is C21H25ClN2O4. The second-order valence-corrected chi connectivity index (χ2v) is 7.31. The van der Waals surface area contributed by atoms with Gasteiger partial charge in [0, 0.05) is 18.2 Å². The lowest BCUT2D eigenvalue weighted by molar-refractivity contribution is -0.138. The van der Waals surface area contributed by atoms with E-state index < -0.39 is 5.97 Å². The van der Waals surface area contributed by atoms with Crippen LogP contribution in [0.15, 0.2) is 36.4 Å². The smallest absolute Gasteiger partial charge is 0.377 e. The number of esters is 1. The molecule has 2 aromatic rings. The molecule has 1 aliphatic rings. The normalized spacial score (nSPS) is 15.4. The third-order valence-electron chi connectivity index (χ3n) is 4.96. The van der Waals surface area contributed by atoms with E-state index in [1.54, 1.807) is 16.8 Å². The maximum absolute atomic E-state index is 11.9. The summed E-state index contributed by atoms with van der Waals surface area (Å²) in [4.78, 5) is 11.9. The summed E-state index contributed by atoms with van der Waals surface area (Å²) in [5.41, 5.74) is 2.55. The van der Waals surface area contributed by atoms with Crippen molar-refractivity contribution >= 4 is 17.6 Å². The predicted molar refractivity (Wildman–Crippen MR) is 107 cm³/mol. The zero-order valence-electron chi connectivity index (χ0n) is 16.4. The second kappa shape index (κ2) is 9.15. The van der Waals surface area contributed by atoms with Crippen molar-refractivity contribution in [1.82, 2.24) is 9.78 Å². The molecule has 0 atom stereocenters. The first-order valence-corrected chi connectivity index (χ1v) is 9.76. The zero-order valence-corrected chi connectivity index (χ0v) is 17.2. The molecule has 6 nitrogen and oxygen atoms in total. The van der Waals surface area contributed by atoms with E-state index in [2.05, 4.69) is 6.07 Å². The van der Waals surface area contributed by atoms with Gasteiger partial charge in [-0.3, -0.25) is 0 Å². The summed E-state index contributed by atoms with van der Waals surface area (Å²) in [5, 5.41) is 5.30. The standard InChI is InChI=1S/C21H25ClN2O4/c1-14-11-16(22)18(12-19(14)28-20(13-26-2)21(25)27-3)24-10-9-17(23-24)15-7-5-4-6-8-15/h9-13,15H,4-8H2,1-3H3/b20-13-. The van der Waals surface area contributed by atoms with Gasteiger partial charge in [-0.2, -0.15) is 5.10 Å². The van der Waals surface area contributed by atoms with Crippen LogP contribution in [0.4, 0.5) is 0 Å². The minimum atomic E-state index is -0.628. The summed E-state index contributed by atoms with van der Waals surface area (Å²) in [6.07, 6.45) is 9.28. The molecule has 150 valence electrons. The SMILES string of the molecule is CO/C=C(\Oc1cc(-n2ccc(C3CCCCC3)n2)c(Cl)cc1C)C(=O)OC. The van der Waals surface area contributed by atoms with Crippen molar-refractivity contribution in [1.29, 1.82) is 0 Å². The Bertz CT molecular complexity index is 869. The van der Waals surface area contributed by atoms with Crippen LogP contribution in [0.2, 0.25) is 5.02 Å². The van der Waals surface area contributed by atoms with Gasteiger partial charge < -0.3 is 14.2 Å². The second-order valence-electron chi connectivity index (χ2n) is 6.90. The molecule has 0 bridgehead atoms. The lowest BCUT2D eigenvalue weighted by Crippen LogP contribution is -2.12. The summed E-state index contributed by atoms with van der Waals surface area (Å²) >= 11 is 6.47. The number of carbonyl (C=O) groups is 1. The number of aryl methyl sites for hydroxylation is 1. The molecule has 7 heteroatoms. The largest absolute Gasteiger partial charge is 0.500 e. The molecule has 0 radical (unpaired) electrons. The van der Waals surface area contributed by atoms with Gasteiger partial charge in [0.1, 0.15) is 12.0 Å². The Morgan fingerprint density at radius 2 is 2.00 bits per heavy atom. The summed E-state index contributed by atoms with van der Waals surface area (Å²) in [6, 6.07) is 5.61. The molecule has 0 aliphatic heterocycles. The van der Waals surface area contributed by atoms with Crippen molar-refractivity contribution < 1.29 is 19.0 Å². The van der Waals surface area contributed by atoms with Crippen molar-refractivity contribution in [3.05, 3.63) is 52.7 Å². The molecule has 1 aliphatic carbocycles. The van der Waals surface area contributed by atoms with Crippen molar-refractivity contribution in [2.75, 3.05) is 14.2 Å². The molecule has 1 aromatic heterocycles. The van der Waals surface area contributed by atoms with Crippen molar-refractivity contribution in [2.45, 2.75) is 44.9 Å². The van der Waals surface area contributed by atoms with Gasteiger partial charge in [0.25, 0.3) is 0 Å². The Labute approximate surface area is 170 Å². The van der Waals surface area contributed by atoms with Crippen LogP contribution in [0.1, 0.15) is 49.3 Å². The Morgan fingerprint density at radius 3 is 2.68 bits per heavy atom. The average Bonchev–Trinajstić information content (AvgIpc) is 3.19. The lowest BCUT2D eigenvalue weighted by atomic mass is 9.87. The van der Waals surface area contributed by atoms with E-state index >= 15 is 0 Å². The van der Waals surface area contributed by atoms with Crippen LogP contribution >= 0.6 is 11.6 Å². The zero-order chi connectivity index (χ0) is 20.1. The van der Waals surface area contributed by atoms with Crippen LogP contribution in [-0.2, 0) is 14.3 Å². The molecule has 1 aromatic carbocycles. The van der Waals surface area contributed by atoms with E-state index in [-0.39, 0.29) is 5.76 Å². The van der Waals surface area contributed by atoms with E-state index in [1.165, 1.54) is 52.6 Å². The summed E-state index contributed by atoms with van der Waals surface area (Å²) in [5.74, 6) is 0.300. The number of hydrogen-bond donors (Lipinski definition) is 0. The molecule has 1 heterocycles. The summed E-state index contributed by atoms with van der Waals surface area (Å²) < 4.78 is 17.1. The summed E-state index contributed by atoms with van der Waals surface area (Å²) in [7, 11) is 2.72. The maximum atomic E-state index is 11.9. The number of methoxy groups -OCH3 is 2. The number of ether oxygens (including phenoxy) is 3. The van der Waals surface area contributed by atoms with Gasteiger partial charge in [-0.1, -0.05) is 30.9 Å². The Kier molecular flexibility index (Phi) is 6.62. The van der Waals surface area contributed by atoms with Crippen LogP contribution in [-0.4, -0.2) is 30.0 Å². The molecule has 1 saturated carbocycles. The highest BCUT2D eigenvalue weighted by Gasteiger charge is 2.20. The quantitative estimate of drug-likeness (QED) is 0.388. The number of rotatable bonds is 6. The fraction of sp³-hybridized carbons (Fsp3) is 0.429. The van der Waals surface area contributed by atoms with Crippen molar-refractivity contribution in [3.8, 4) is 11.4 Å². The van der Waals surface area contributed by atoms with Crippen LogP contribution in [0.3, 0.4) is 0 Å². The van der Waals surface area contributed by atoms with Crippen LogP contribution in [0.5, 0.6) is 5.75 Å². The van der Waals surface area contributed by atoms with Crippen molar-refractivity contribution in [3.63, 3.8) is 0 Å². The minimum absolute atomic E-state index is 0.0512. The van der Waals surface area contributed by atoms with Crippen LogP contribution < -0.4 is 4.74 Å². The third kappa shape index (κ3) is 4.50. The first-order valence-electron chi connectivity index (χ1n) is 9.38. The van der Waals surface area contributed by atoms with Gasteiger partial charge in [0.15, 0.2) is 0 Å². The molecule has 0 spiro atoms. The van der Waals surface area contributed by atoms with Gasteiger partial charge >= 0.3 is 5.97 Å². The van der Waals surface area contributed by atoms with Gasteiger partial charge in [-0.05, 0) is 37.5 Å². The minimum Gasteiger partial charge on any atom is -0.500 e. The van der Waals surface area contributed by atoms with E-state index in [9.17, 15) is 4.79 Å². The fourth-order valence-electron chi connectivity index (χ4n) is 3.46. The Morgan fingerprint density at radius 1 is 1.25 bits per heavy atom. The fourth-order valence-corrected chi connectivity index (χ4v) is 3.76. The third-order valence-corrected chi connectivity index (χ3v) is 5.26. The first-order chi connectivity index (χ1) is 13.5. The Hall–Kier alpha value is -2.47. The van der Waals surface area contributed by atoms with Gasteiger partial charge in [0.2, 0.25) is 5.76 Å². The molecule has 28 heavy (non-hydrogen) atoms. The van der Waals surface area contributed by atoms with E-state index in [4.69, 9.17) is 30.9 Å². The van der Waals surface area contributed by atoms with Gasteiger partial charge in [-0.25, -0.2) is 9.48 Å². The molecule has 1 fully saturated rings. The lowest BCUT2D eigenvalue weighted by Gasteiger charge is -2.19. The predicted octanol–water partition coefficient (Wildman–Crippen LogP) is 4.92. The average molecular weight is 405 g/mol. The van der Waals surface area contributed by atoms with Crippen LogP contribution in [0, 0.1) is 6.92 Å². The Balaban J connectivity index is 1.90. The molecule has 0 N–H and O–H groups in total. The number of halogens is 1. The molecule has 0 saturated heterocycles. The highest BCUT2D eigenvalue weighted by molar-refractivity contribution is 6.32. The number of nitrogens with zero attached hydrogens (tertiary/aromatic N) is 2. The number of benzene rings is 1. The molecule has 0 amide bonds. The van der Waals surface area contributed by atoms with Crippen LogP contribution in [0.25, 0.3) is 5.69 Å². The molecule has 3 rings (SSSR count). The van der Waals surface area contributed by atoms with Crippen molar-refractivity contribution in [2.24, 2.45) is 0 Å². The number of carbonyl (C=O) groups excluding carboxylic acids is 1.